The topological polar surface area (TPSA) is 65.5 Å². The van der Waals surface area contributed by atoms with E-state index in [4.69, 9.17) is 10.2 Å². The van der Waals surface area contributed by atoms with Gasteiger partial charge in [-0.15, -0.1) is 9.78 Å². The van der Waals surface area contributed by atoms with E-state index in [1.54, 1.807) is 0 Å². The smallest absolute Gasteiger partial charge is 0 e. The van der Waals surface area contributed by atoms with Crippen LogP contribution in [0.4, 0.5) is 0 Å². The predicted molar refractivity (Wildman–Crippen MR) is 16.5 cm³/mol. The summed E-state index contributed by atoms with van der Waals surface area (Å²) in [5, 5.41) is 15.5. The maximum Gasteiger partial charge on any atom is 0 e. The fourth-order valence-electron chi connectivity index (χ4n) is 0.0373. The van der Waals surface area contributed by atoms with Crippen LogP contribution in [0.5, 0.6) is 0 Å². The van der Waals surface area contributed by atoms with E-state index in [0.717, 1.165) is 0 Å². The third kappa shape index (κ3) is 4.82. The molecular weight excluding hydrogens is 138 g/mol. The van der Waals surface area contributed by atoms with Crippen molar-refractivity contribution in [2.75, 3.05) is 0 Å². The van der Waals surface area contributed by atoms with Crippen LogP contribution in [-0.4, -0.2) is 35.2 Å². The third-order valence-corrected chi connectivity index (χ3v) is 0.232. The predicted octanol–water partition coefficient (Wildman–Crippen LogP) is -2.11. The summed E-state index contributed by atoms with van der Waals surface area (Å²) in [4.78, 5) is 7.01. The van der Waals surface area contributed by atoms with E-state index in [0.29, 0.717) is 0 Å². The van der Waals surface area contributed by atoms with Gasteiger partial charge >= 0.3 is 25.0 Å². The molecule has 1 aliphatic heterocycles. The monoisotopic (exact) mass is 141 g/mol. The van der Waals surface area contributed by atoms with Gasteiger partial charge in [-0.25, -0.2) is 0 Å². The Hall–Kier alpha value is 0.957. The van der Waals surface area contributed by atoms with Crippen molar-refractivity contribution < 1.29 is 37.1 Å². The number of rotatable bonds is 0. The van der Waals surface area contributed by atoms with Crippen LogP contribution in [0.1, 0.15) is 0 Å². The summed E-state index contributed by atoms with van der Waals surface area (Å²) in [6.45, 7) is 0. The van der Waals surface area contributed by atoms with E-state index >= 15 is 0 Å². The molecule has 2 N–H and O–H groups in total. The van der Waals surface area contributed by atoms with Crippen molar-refractivity contribution in [3.8, 4) is 0 Å². The molecule has 1 heterocycles. The fraction of sp³-hybridized carbons (Fsp3) is 1.00. The summed E-state index contributed by atoms with van der Waals surface area (Å²) >= 11 is 0. The Morgan fingerprint density at radius 1 is 1.14 bits per heavy atom. The maximum absolute atomic E-state index is 7.74. The van der Waals surface area contributed by atoms with Gasteiger partial charge in [-0.1, -0.05) is 0 Å². The molecule has 0 saturated carbocycles. The van der Waals surface area contributed by atoms with Crippen molar-refractivity contribution >= 4 is 18.9 Å². The molecular formula is CH3LiMnO4. The average Bonchev–Trinajstić information content (AvgIpc) is 1.76. The first-order valence-corrected chi connectivity index (χ1v) is 1.02. The largest absolute Gasteiger partial charge is 0 e. The van der Waals surface area contributed by atoms with Gasteiger partial charge in [-0.05, 0) is 0 Å². The van der Waals surface area contributed by atoms with Crippen LogP contribution in [0.3, 0.4) is 0 Å². The van der Waals surface area contributed by atoms with E-state index < -0.39 is 6.16 Å². The molecule has 0 atom stereocenters. The molecule has 1 rings (SSSR count). The quantitative estimate of drug-likeness (QED) is 0.175. The first-order valence-electron chi connectivity index (χ1n) is 1.02. The van der Waals surface area contributed by atoms with Gasteiger partial charge in [-0.2, -0.15) is 0 Å². The van der Waals surface area contributed by atoms with Crippen molar-refractivity contribution in [1.29, 1.82) is 0 Å². The zero-order chi connectivity index (χ0) is 3.91. The Morgan fingerprint density at radius 3 is 1.29 bits per heavy atom. The normalized spacial score (nSPS) is 21.4. The summed E-state index contributed by atoms with van der Waals surface area (Å²) in [7, 11) is 0. The zero-order valence-corrected chi connectivity index (χ0v) is 3.77. The molecule has 0 spiro atoms. The minimum Gasteiger partial charge on any atom is 0 e. The summed E-state index contributed by atoms with van der Waals surface area (Å²) in [5.41, 5.74) is 0. The molecule has 1 radical (unpaired) electrons. The zero-order valence-electron chi connectivity index (χ0n) is 2.59. The molecule has 0 aromatic carbocycles. The van der Waals surface area contributed by atoms with E-state index in [2.05, 4.69) is 9.78 Å². The molecule has 39 valence electrons. The Labute approximate surface area is 62.4 Å². The van der Waals surface area contributed by atoms with Crippen molar-refractivity contribution in [3.63, 3.8) is 0 Å². The van der Waals surface area contributed by atoms with E-state index in [9.17, 15) is 0 Å². The molecule has 1 saturated heterocycles. The molecule has 0 aromatic heterocycles. The minimum atomic E-state index is -2.25. The molecule has 1 aliphatic rings. The SMILES string of the molecule is OC1(O)OO1.[LiH].[Mn]. The standard InChI is InChI=1S/CH2O4.Li.Mn.H/c2-1(3)4-5-1;;;/h2-3H;;;. The molecule has 0 amide bonds. The van der Waals surface area contributed by atoms with Gasteiger partial charge in [0.25, 0.3) is 0 Å². The van der Waals surface area contributed by atoms with Gasteiger partial charge in [-0.3, -0.25) is 0 Å². The Bertz CT molecular complexity index is 49.7. The van der Waals surface area contributed by atoms with Crippen LogP contribution < -0.4 is 0 Å². The molecule has 7 heavy (non-hydrogen) atoms. The molecule has 0 aliphatic carbocycles. The third-order valence-electron chi connectivity index (χ3n) is 0.232. The van der Waals surface area contributed by atoms with Crippen LogP contribution in [0.2, 0.25) is 0 Å². The average molecular weight is 141 g/mol. The Balaban J connectivity index is 0. The van der Waals surface area contributed by atoms with Crippen LogP contribution in [0.15, 0.2) is 0 Å². The van der Waals surface area contributed by atoms with Gasteiger partial charge in [0.15, 0.2) is 0 Å². The van der Waals surface area contributed by atoms with Gasteiger partial charge in [0.2, 0.25) is 0 Å². The number of hydrogen-bond donors (Lipinski definition) is 2. The summed E-state index contributed by atoms with van der Waals surface area (Å²) < 4.78 is 0. The second-order valence-electron chi connectivity index (χ2n) is 0.715. The second kappa shape index (κ2) is 3.08. The van der Waals surface area contributed by atoms with E-state index in [1.807, 2.05) is 0 Å². The second-order valence-corrected chi connectivity index (χ2v) is 0.715. The van der Waals surface area contributed by atoms with Gasteiger partial charge in [0.05, 0.1) is 0 Å². The molecule has 0 unspecified atom stereocenters. The van der Waals surface area contributed by atoms with Gasteiger partial charge in [0.1, 0.15) is 0 Å². The maximum atomic E-state index is 7.74. The Kier molecular flexibility index (Phi) is 4.77. The summed E-state index contributed by atoms with van der Waals surface area (Å²) in [6, 6.07) is 0. The van der Waals surface area contributed by atoms with E-state index in [-0.39, 0.29) is 35.9 Å². The molecule has 6 heteroatoms. The van der Waals surface area contributed by atoms with Gasteiger partial charge < -0.3 is 10.2 Å². The van der Waals surface area contributed by atoms with Crippen LogP contribution in [0.25, 0.3) is 0 Å². The summed E-state index contributed by atoms with van der Waals surface area (Å²) in [5.74, 6) is 0. The van der Waals surface area contributed by atoms with Crippen molar-refractivity contribution in [1.82, 2.24) is 0 Å². The molecule has 1 fully saturated rings. The number of hydrogen-bond acceptors (Lipinski definition) is 4. The first kappa shape index (κ1) is 10.9. The van der Waals surface area contributed by atoms with Crippen molar-refractivity contribution in [3.05, 3.63) is 0 Å². The fourth-order valence-corrected chi connectivity index (χ4v) is 0.0373. The van der Waals surface area contributed by atoms with Crippen LogP contribution in [-0.2, 0) is 26.8 Å². The van der Waals surface area contributed by atoms with Crippen molar-refractivity contribution in [2.45, 2.75) is 6.16 Å². The van der Waals surface area contributed by atoms with E-state index in [1.165, 1.54) is 0 Å². The molecule has 0 bridgehead atoms. The summed E-state index contributed by atoms with van der Waals surface area (Å²) in [6.07, 6.45) is -2.25. The van der Waals surface area contributed by atoms with Crippen LogP contribution in [0, 0.1) is 0 Å². The Morgan fingerprint density at radius 2 is 1.29 bits per heavy atom. The molecule has 4 nitrogen and oxygen atoms in total. The first-order chi connectivity index (χ1) is 2.21. The molecule has 0 aromatic rings. The minimum absolute atomic E-state index is 0. The number of aliphatic hydroxyl groups is 2. The van der Waals surface area contributed by atoms with Gasteiger partial charge in [0, 0.05) is 17.1 Å². The van der Waals surface area contributed by atoms with Crippen LogP contribution >= 0.6 is 0 Å². The van der Waals surface area contributed by atoms with Crippen molar-refractivity contribution in [2.24, 2.45) is 0 Å².